The smallest absolute Gasteiger partial charge is 0.265 e. The first-order valence-corrected chi connectivity index (χ1v) is 7.62. The molecule has 19 heavy (non-hydrogen) atoms. The number of nitrogen functional groups attached to an aromatic ring is 1. The third-order valence-corrected chi connectivity index (χ3v) is 4.62. The van der Waals surface area contributed by atoms with Crippen molar-refractivity contribution in [1.82, 2.24) is 10.3 Å². The highest BCUT2D eigenvalue weighted by Crippen LogP contribution is 2.25. The van der Waals surface area contributed by atoms with Crippen molar-refractivity contribution >= 4 is 39.5 Å². The number of nitrogens with two attached hydrogens (primary N) is 1. The van der Waals surface area contributed by atoms with Gasteiger partial charge in [0.15, 0.2) is 5.13 Å². The van der Waals surface area contributed by atoms with Crippen molar-refractivity contribution < 1.29 is 4.79 Å². The summed E-state index contributed by atoms with van der Waals surface area (Å²) in [5, 5.41) is 8.62. The molecule has 5 nitrogen and oxygen atoms in total. The third-order valence-electron chi connectivity index (χ3n) is 2.57. The van der Waals surface area contributed by atoms with Gasteiger partial charge < -0.3 is 16.4 Å². The second kappa shape index (κ2) is 6.03. The third kappa shape index (κ3) is 3.24. The average molecular weight is 296 g/mol. The lowest BCUT2D eigenvalue weighted by atomic mass is 10.3. The van der Waals surface area contributed by atoms with Crippen LogP contribution in [0.25, 0.3) is 0 Å². The fourth-order valence-corrected chi connectivity index (χ4v) is 3.26. The van der Waals surface area contributed by atoms with E-state index in [0.29, 0.717) is 16.6 Å². The number of hydrogen-bond donors (Lipinski definition) is 3. The van der Waals surface area contributed by atoms with E-state index in [-0.39, 0.29) is 11.7 Å². The minimum Gasteiger partial charge on any atom is -0.382 e. The van der Waals surface area contributed by atoms with Crippen molar-refractivity contribution in [2.75, 3.05) is 17.6 Å². The highest BCUT2D eigenvalue weighted by molar-refractivity contribution is 7.18. The van der Waals surface area contributed by atoms with Gasteiger partial charge in [-0.25, -0.2) is 4.98 Å². The number of thiazole rings is 1. The fourth-order valence-electron chi connectivity index (χ4n) is 1.55. The zero-order valence-electron chi connectivity index (χ0n) is 10.8. The maximum atomic E-state index is 12.0. The summed E-state index contributed by atoms with van der Waals surface area (Å²) in [5.74, 6) is 0.105. The molecular formula is C12H16N4OS2. The SMILES string of the molecule is CCNc1nc(N)c(C(=O)NCc2sccc2C)s1. The van der Waals surface area contributed by atoms with Gasteiger partial charge in [-0.1, -0.05) is 11.3 Å². The molecular weight excluding hydrogens is 280 g/mol. The Morgan fingerprint density at radius 3 is 2.95 bits per heavy atom. The van der Waals surface area contributed by atoms with Crippen LogP contribution in [0.3, 0.4) is 0 Å². The number of amides is 1. The van der Waals surface area contributed by atoms with Crippen molar-refractivity contribution in [3.8, 4) is 0 Å². The summed E-state index contributed by atoms with van der Waals surface area (Å²) in [7, 11) is 0. The Kier molecular flexibility index (Phi) is 4.39. The molecule has 4 N–H and O–H groups in total. The van der Waals surface area contributed by atoms with Gasteiger partial charge in [0, 0.05) is 11.4 Å². The number of aromatic nitrogens is 1. The minimum atomic E-state index is -0.174. The minimum absolute atomic E-state index is 0.174. The van der Waals surface area contributed by atoms with E-state index in [2.05, 4.69) is 15.6 Å². The first-order chi connectivity index (χ1) is 9.11. The molecule has 0 radical (unpaired) electrons. The molecule has 2 aromatic heterocycles. The van der Waals surface area contributed by atoms with E-state index >= 15 is 0 Å². The van der Waals surface area contributed by atoms with Gasteiger partial charge in [0.2, 0.25) is 0 Å². The number of carbonyl (C=O) groups excluding carboxylic acids is 1. The zero-order valence-corrected chi connectivity index (χ0v) is 12.5. The van der Waals surface area contributed by atoms with Gasteiger partial charge in [0.25, 0.3) is 5.91 Å². The molecule has 0 aliphatic heterocycles. The van der Waals surface area contributed by atoms with Crippen LogP contribution in [0.2, 0.25) is 0 Å². The van der Waals surface area contributed by atoms with Gasteiger partial charge in [-0.05, 0) is 30.9 Å². The average Bonchev–Trinajstić information content (AvgIpc) is 2.93. The number of anilines is 2. The van der Waals surface area contributed by atoms with E-state index in [1.54, 1.807) is 11.3 Å². The molecule has 0 atom stereocenters. The Labute approximate surface area is 119 Å². The maximum absolute atomic E-state index is 12.0. The molecule has 1 amide bonds. The summed E-state index contributed by atoms with van der Waals surface area (Å²) in [6, 6.07) is 2.04. The molecule has 0 aliphatic carbocycles. The van der Waals surface area contributed by atoms with Crippen molar-refractivity contribution in [3.05, 3.63) is 26.8 Å². The summed E-state index contributed by atoms with van der Waals surface area (Å²) in [5.41, 5.74) is 6.94. The van der Waals surface area contributed by atoms with E-state index in [1.165, 1.54) is 16.9 Å². The molecule has 102 valence electrons. The molecule has 0 aliphatic rings. The predicted octanol–water partition coefficient (Wildman–Crippen LogP) is 2.46. The van der Waals surface area contributed by atoms with E-state index in [9.17, 15) is 4.79 Å². The molecule has 0 bridgehead atoms. The first-order valence-electron chi connectivity index (χ1n) is 5.93. The fraction of sp³-hybridized carbons (Fsp3) is 0.333. The first kappa shape index (κ1) is 13.8. The second-order valence-electron chi connectivity index (χ2n) is 3.97. The van der Waals surface area contributed by atoms with E-state index < -0.39 is 0 Å². The van der Waals surface area contributed by atoms with E-state index in [4.69, 9.17) is 5.73 Å². The topological polar surface area (TPSA) is 80.0 Å². The van der Waals surface area contributed by atoms with Crippen LogP contribution in [0.1, 0.15) is 27.0 Å². The molecule has 0 unspecified atom stereocenters. The van der Waals surface area contributed by atoms with Crippen LogP contribution in [0.4, 0.5) is 10.9 Å². The van der Waals surface area contributed by atoms with Crippen LogP contribution in [-0.4, -0.2) is 17.4 Å². The van der Waals surface area contributed by atoms with Crippen LogP contribution in [0.15, 0.2) is 11.4 Å². The zero-order chi connectivity index (χ0) is 13.8. The van der Waals surface area contributed by atoms with Crippen molar-refractivity contribution in [1.29, 1.82) is 0 Å². The molecule has 2 aromatic rings. The molecule has 7 heteroatoms. The molecule has 0 spiro atoms. The normalized spacial score (nSPS) is 10.4. The Balaban J connectivity index is 2.02. The number of nitrogens with one attached hydrogen (secondary N) is 2. The standard InChI is InChI=1S/C12H16N4OS2/c1-3-14-12-16-10(13)9(19-12)11(17)15-6-8-7(2)4-5-18-8/h4-5H,3,6,13H2,1-2H3,(H,14,16)(H,15,17). The van der Waals surface area contributed by atoms with Crippen LogP contribution in [0.5, 0.6) is 0 Å². The quantitative estimate of drug-likeness (QED) is 0.792. The van der Waals surface area contributed by atoms with Crippen LogP contribution >= 0.6 is 22.7 Å². The monoisotopic (exact) mass is 296 g/mol. The summed E-state index contributed by atoms with van der Waals surface area (Å²) < 4.78 is 0. The molecule has 0 saturated heterocycles. The summed E-state index contributed by atoms with van der Waals surface area (Å²) in [6.07, 6.45) is 0. The largest absolute Gasteiger partial charge is 0.382 e. The van der Waals surface area contributed by atoms with Gasteiger partial charge in [-0.3, -0.25) is 4.79 Å². The van der Waals surface area contributed by atoms with E-state index in [1.807, 2.05) is 25.3 Å². The van der Waals surface area contributed by atoms with E-state index in [0.717, 1.165) is 11.4 Å². The number of carbonyl (C=O) groups is 1. The maximum Gasteiger partial charge on any atom is 0.265 e. The number of thiophene rings is 1. The number of aryl methyl sites for hydroxylation is 1. The summed E-state index contributed by atoms with van der Waals surface area (Å²) in [6.45, 7) is 5.28. The summed E-state index contributed by atoms with van der Waals surface area (Å²) in [4.78, 5) is 17.8. The van der Waals surface area contributed by atoms with Crippen LogP contribution in [0, 0.1) is 6.92 Å². The Bertz CT molecular complexity index is 576. The van der Waals surface area contributed by atoms with Crippen molar-refractivity contribution in [2.45, 2.75) is 20.4 Å². The van der Waals surface area contributed by atoms with Gasteiger partial charge in [0.05, 0.1) is 6.54 Å². The van der Waals surface area contributed by atoms with Gasteiger partial charge in [-0.15, -0.1) is 11.3 Å². The van der Waals surface area contributed by atoms with Gasteiger partial charge in [-0.2, -0.15) is 0 Å². The second-order valence-corrected chi connectivity index (χ2v) is 5.97. The molecule has 0 fully saturated rings. The lowest BCUT2D eigenvalue weighted by Gasteiger charge is -2.03. The van der Waals surface area contributed by atoms with Crippen LogP contribution < -0.4 is 16.4 Å². The summed E-state index contributed by atoms with van der Waals surface area (Å²) >= 11 is 2.91. The molecule has 0 aromatic carbocycles. The number of nitrogens with zero attached hydrogens (tertiary/aromatic N) is 1. The molecule has 2 heterocycles. The highest BCUT2D eigenvalue weighted by Gasteiger charge is 2.16. The molecule has 2 rings (SSSR count). The van der Waals surface area contributed by atoms with Crippen molar-refractivity contribution in [2.24, 2.45) is 0 Å². The number of rotatable bonds is 5. The Morgan fingerprint density at radius 2 is 2.32 bits per heavy atom. The lowest BCUT2D eigenvalue weighted by molar-refractivity contribution is 0.0956. The highest BCUT2D eigenvalue weighted by atomic mass is 32.1. The van der Waals surface area contributed by atoms with Gasteiger partial charge >= 0.3 is 0 Å². The predicted molar refractivity (Wildman–Crippen MR) is 80.9 cm³/mol. The lowest BCUT2D eigenvalue weighted by Crippen LogP contribution is -2.22. The Hall–Kier alpha value is -1.60. The van der Waals surface area contributed by atoms with Crippen molar-refractivity contribution in [3.63, 3.8) is 0 Å². The van der Waals surface area contributed by atoms with Gasteiger partial charge in [0.1, 0.15) is 10.7 Å². The Morgan fingerprint density at radius 1 is 1.53 bits per heavy atom. The molecule has 0 saturated carbocycles. The van der Waals surface area contributed by atoms with Crippen LogP contribution in [-0.2, 0) is 6.54 Å². The number of hydrogen-bond acceptors (Lipinski definition) is 6.